The van der Waals surface area contributed by atoms with Crippen LogP contribution in [0.25, 0.3) is 0 Å². The first-order chi connectivity index (χ1) is 9.93. The number of anilines is 1. The van der Waals surface area contributed by atoms with Crippen LogP contribution in [0.1, 0.15) is 35.6 Å². The predicted octanol–water partition coefficient (Wildman–Crippen LogP) is 2.15. The van der Waals surface area contributed by atoms with Gasteiger partial charge in [-0.25, -0.2) is 4.98 Å². The third kappa shape index (κ3) is 2.72. The lowest BCUT2D eigenvalue weighted by molar-refractivity contribution is -0.00461. The van der Waals surface area contributed by atoms with E-state index in [0.717, 1.165) is 35.2 Å². The third-order valence-electron chi connectivity index (χ3n) is 4.32. The van der Waals surface area contributed by atoms with Gasteiger partial charge in [0.05, 0.1) is 10.6 Å². The van der Waals surface area contributed by atoms with Crippen molar-refractivity contribution in [2.75, 3.05) is 32.2 Å². The van der Waals surface area contributed by atoms with Gasteiger partial charge in [-0.2, -0.15) is 0 Å². The van der Waals surface area contributed by atoms with Crippen LogP contribution in [-0.4, -0.2) is 50.3 Å². The van der Waals surface area contributed by atoms with Crippen LogP contribution >= 0.6 is 11.3 Å². The molecule has 0 bridgehead atoms. The van der Waals surface area contributed by atoms with Crippen molar-refractivity contribution in [2.24, 2.45) is 5.41 Å². The highest BCUT2D eigenvalue weighted by Crippen LogP contribution is 2.40. The molecule has 6 heteroatoms. The number of methoxy groups -OCH3 is 2. The van der Waals surface area contributed by atoms with Crippen LogP contribution < -0.4 is 4.90 Å². The molecule has 0 N–H and O–H groups in total. The van der Waals surface area contributed by atoms with E-state index in [1.54, 1.807) is 14.2 Å². The first kappa shape index (κ1) is 14.9. The summed E-state index contributed by atoms with van der Waals surface area (Å²) in [7, 11) is 3.41. The number of ketones is 1. The molecule has 116 valence electrons. The molecule has 0 aromatic carbocycles. The van der Waals surface area contributed by atoms with Gasteiger partial charge >= 0.3 is 0 Å². The van der Waals surface area contributed by atoms with E-state index >= 15 is 0 Å². The molecule has 2 aliphatic rings. The molecule has 0 radical (unpaired) electrons. The zero-order valence-corrected chi connectivity index (χ0v) is 13.8. The van der Waals surface area contributed by atoms with Gasteiger partial charge in [0.1, 0.15) is 12.2 Å². The van der Waals surface area contributed by atoms with Crippen LogP contribution in [0.5, 0.6) is 0 Å². The number of Topliss-reactive ketones (excluding diaryl/α,β-unsaturated/α-hetero) is 1. The summed E-state index contributed by atoms with van der Waals surface area (Å²) in [6, 6.07) is 0. The van der Waals surface area contributed by atoms with Gasteiger partial charge < -0.3 is 14.4 Å². The smallest absolute Gasteiger partial charge is 0.186 e. The number of thiazole rings is 1. The van der Waals surface area contributed by atoms with Gasteiger partial charge in [0.25, 0.3) is 0 Å². The minimum Gasteiger partial charge on any atom is -0.377 e. The second kappa shape index (κ2) is 5.34. The summed E-state index contributed by atoms with van der Waals surface area (Å²) in [6.07, 6.45) is 1.61. The van der Waals surface area contributed by atoms with E-state index in [4.69, 9.17) is 14.5 Å². The highest BCUT2D eigenvalue weighted by atomic mass is 32.1. The molecule has 1 fully saturated rings. The van der Waals surface area contributed by atoms with Gasteiger partial charge in [0.2, 0.25) is 0 Å². The van der Waals surface area contributed by atoms with E-state index in [1.807, 2.05) is 0 Å². The molecule has 5 nitrogen and oxygen atoms in total. The number of rotatable bonds is 3. The Morgan fingerprint density at radius 2 is 1.81 bits per heavy atom. The van der Waals surface area contributed by atoms with Crippen molar-refractivity contribution in [2.45, 2.75) is 38.9 Å². The first-order valence-corrected chi connectivity index (χ1v) is 8.08. The molecule has 0 saturated carbocycles. The number of carbonyl (C=O) groups excluding carboxylic acids is 1. The number of carbonyl (C=O) groups is 1. The maximum Gasteiger partial charge on any atom is 0.186 e. The highest BCUT2D eigenvalue weighted by molar-refractivity contribution is 7.17. The van der Waals surface area contributed by atoms with E-state index in [1.165, 1.54) is 11.3 Å². The lowest BCUT2D eigenvalue weighted by Crippen LogP contribution is -2.27. The topological polar surface area (TPSA) is 51.7 Å². The van der Waals surface area contributed by atoms with Crippen LogP contribution in [0.15, 0.2) is 0 Å². The molecule has 3 rings (SSSR count). The van der Waals surface area contributed by atoms with E-state index in [-0.39, 0.29) is 23.4 Å². The summed E-state index contributed by atoms with van der Waals surface area (Å²) < 4.78 is 10.9. The Kier molecular flexibility index (Phi) is 3.80. The van der Waals surface area contributed by atoms with Crippen LogP contribution in [0, 0.1) is 5.41 Å². The average molecular weight is 310 g/mol. The largest absolute Gasteiger partial charge is 0.377 e. The zero-order chi connectivity index (χ0) is 15.2. The Balaban J connectivity index is 1.84. The predicted molar refractivity (Wildman–Crippen MR) is 82.4 cm³/mol. The maximum atomic E-state index is 12.3. The quantitative estimate of drug-likeness (QED) is 0.856. The molecule has 0 spiro atoms. The van der Waals surface area contributed by atoms with Gasteiger partial charge in [-0.15, -0.1) is 0 Å². The second-order valence-corrected chi connectivity index (χ2v) is 7.64. The van der Waals surface area contributed by atoms with Crippen molar-refractivity contribution in [1.29, 1.82) is 0 Å². The van der Waals surface area contributed by atoms with Crippen molar-refractivity contribution in [3.8, 4) is 0 Å². The van der Waals surface area contributed by atoms with Crippen LogP contribution in [0.2, 0.25) is 0 Å². The summed E-state index contributed by atoms with van der Waals surface area (Å²) in [6.45, 7) is 5.78. The number of fused-ring (bicyclic) bond motifs is 1. The van der Waals surface area contributed by atoms with E-state index in [2.05, 4.69) is 18.7 Å². The normalized spacial score (nSPS) is 28.0. The van der Waals surface area contributed by atoms with Crippen LogP contribution in [0.4, 0.5) is 5.13 Å². The number of nitrogens with zero attached hydrogens (tertiary/aromatic N) is 2. The van der Waals surface area contributed by atoms with Gasteiger partial charge in [-0.3, -0.25) is 4.79 Å². The molecule has 21 heavy (non-hydrogen) atoms. The highest BCUT2D eigenvalue weighted by Gasteiger charge is 2.38. The monoisotopic (exact) mass is 310 g/mol. The molecule has 1 aliphatic heterocycles. The minimum atomic E-state index is 0.0184. The van der Waals surface area contributed by atoms with Crippen molar-refractivity contribution in [3.05, 3.63) is 10.6 Å². The number of aromatic nitrogens is 1. The van der Waals surface area contributed by atoms with Gasteiger partial charge in [-0.05, 0) is 11.8 Å². The molecule has 1 saturated heterocycles. The number of hydrogen-bond acceptors (Lipinski definition) is 6. The molecule has 0 amide bonds. The van der Waals surface area contributed by atoms with Crippen molar-refractivity contribution >= 4 is 22.3 Å². The molecule has 2 unspecified atom stereocenters. The fourth-order valence-corrected chi connectivity index (χ4v) is 4.23. The van der Waals surface area contributed by atoms with E-state index < -0.39 is 0 Å². The lowest BCUT2D eigenvalue weighted by atomic mass is 9.78. The summed E-state index contributed by atoms with van der Waals surface area (Å²) in [5.74, 6) is 0.232. The summed E-state index contributed by atoms with van der Waals surface area (Å²) in [5.41, 5.74) is 0.982. The summed E-state index contributed by atoms with van der Waals surface area (Å²) >= 11 is 1.52. The van der Waals surface area contributed by atoms with Gasteiger partial charge in [-0.1, -0.05) is 25.2 Å². The molecule has 1 aromatic heterocycles. The Morgan fingerprint density at radius 3 is 2.38 bits per heavy atom. The number of ether oxygens (including phenoxy) is 2. The molecule has 1 aromatic rings. The third-order valence-corrected chi connectivity index (χ3v) is 5.52. The second-order valence-electron chi connectivity index (χ2n) is 6.67. The SMILES string of the molecule is COC1CN(c2nc3c(s2)C(=O)CC(C)(C)C3)CC1OC. The fraction of sp³-hybridized carbons (Fsp3) is 0.733. The molecule has 1 aliphatic carbocycles. The first-order valence-electron chi connectivity index (χ1n) is 7.27. The average Bonchev–Trinajstić information content (AvgIpc) is 2.99. The maximum absolute atomic E-state index is 12.3. The van der Waals surface area contributed by atoms with Crippen LogP contribution in [0.3, 0.4) is 0 Å². The standard InChI is InChI=1S/C15H22N2O3S/c1-15(2)5-9-13(10(18)6-15)21-14(16-9)17-7-11(19-3)12(8-17)20-4/h11-12H,5-8H2,1-4H3. The Hall–Kier alpha value is -0.980. The minimum absolute atomic E-state index is 0.0184. The van der Waals surface area contributed by atoms with E-state index in [0.29, 0.717) is 6.42 Å². The Labute approximate surface area is 129 Å². The summed E-state index contributed by atoms with van der Waals surface area (Å²) in [5, 5.41) is 0.924. The molecular formula is C15H22N2O3S. The van der Waals surface area contributed by atoms with Crippen molar-refractivity contribution < 1.29 is 14.3 Å². The van der Waals surface area contributed by atoms with Gasteiger partial charge in [0, 0.05) is 33.7 Å². The molecular weight excluding hydrogens is 288 g/mol. The summed E-state index contributed by atoms with van der Waals surface area (Å²) in [4.78, 5) is 20.0. The zero-order valence-electron chi connectivity index (χ0n) is 13.0. The molecule has 2 atom stereocenters. The fourth-order valence-electron chi connectivity index (χ4n) is 3.20. The Morgan fingerprint density at radius 1 is 1.19 bits per heavy atom. The number of hydrogen-bond donors (Lipinski definition) is 0. The molecule has 2 heterocycles. The van der Waals surface area contributed by atoms with E-state index in [9.17, 15) is 4.79 Å². The Bertz CT molecular complexity index is 543. The van der Waals surface area contributed by atoms with Gasteiger partial charge in [0.15, 0.2) is 10.9 Å². The van der Waals surface area contributed by atoms with Crippen molar-refractivity contribution in [3.63, 3.8) is 0 Å². The van der Waals surface area contributed by atoms with Crippen molar-refractivity contribution in [1.82, 2.24) is 4.98 Å². The van der Waals surface area contributed by atoms with Crippen LogP contribution in [-0.2, 0) is 15.9 Å². The lowest BCUT2D eigenvalue weighted by Gasteiger charge is -2.26.